The number of carbonyl (C=O) groups is 1. The molecule has 1 amide bonds. The SMILES string of the molecule is O=C(Nc1ccc2cn[nH]c2c1)C(Cc1ccncc1)c1ccccc1. The lowest BCUT2D eigenvalue weighted by atomic mass is 9.91. The zero-order valence-corrected chi connectivity index (χ0v) is 14.1. The third kappa shape index (κ3) is 3.47. The average Bonchev–Trinajstić information content (AvgIpc) is 3.15. The summed E-state index contributed by atoms with van der Waals surface area (Å²) < 4.78 is 0. The summed E-state index contributed by atoms with van der Waals surface area (Å²) >= 11 is 0. The second-order valence-electron chi connectivity index (χ2n) is 6.18. The largest absolute Gasteiger partial charge is 0.325 e. The van der Waals surface area contributed by atoms with Gasteiger partial charge in [0.1, 0.15) is 0 Å². The van der Waals surface area contributed by atoms with Crippen molar-refractivity contribution in [2.24, 2.45) is 0 Å². The van der Waals surface area contributed by atoms with Crippen LogP contribution in [0.4, 0.5) is 5.69 Å². The molecule has 128 valence electrons. The van der Waals surface area contributed by atoms with E-state index in [1.54, 1.807) is 18.6 Å². The predicted molar refractivity (Wildman–Crippen MR) is 102 cm³/mol. The molecular weight excluding hydrogens is 324 g/mol. The summed E-state index contributed by atoms with van der Waals surface area (Å²) in [6.45, 7) is 0. The van der Waals surface area contributed by atoms with Crippen LogP contribution in [0, 0.1) is 0 Å². The smallest absolute Gasteiger partial charge is 0.232 e. The van der Waals surface area contributed by atoms with Crippen LogP contribution in [0.1, 0.15) is 17.0 Å². The standard InChI is InChI=1S/C21H18N4O/c26-21(24-18-7-6-17-14-23-25-20(17)13-18)19(16-4-2-1-3-5-16)12-15-8-10-22-11-9-15/h1-11,13-14,19H,12H2,(H,23,25)(H,24,26). The Morgan fingerprint density at radius 2 is 1.85 bits per heavy atom. The van der Waals surface area contributed by atoms with Gasteiger partial charge in [-0.3, -0.25) is 14.9 Å². The van der Waals surface area contributed by atoms with E-state index in [-0.39, 0.29) is 11.8 Å². The molecule has 0 aliphatic rings. The number of rotatable bonds is 5. The second kappa shape index (κ2) is 7.19. The van der Waals surface area contributed by atoms with E-state index in [2.05, 4.69) is 20.5 Å². The van der Waals surface area contributed by atoms with Crippen LogP contribution in [0.5, 0.6) is 0 Å². The van der Waals surface area contributed by atoms with E-state index in [1.165, 1.54) is 0 Å². The molecule has 0 fully saturated rings. The molecule has 4 aromatic rings. The first-order valence-electron chi connectivity index (χ1n) is 8.47. The first-order valence-corrected chi connectivity index (χ1v) is 8.47. The van der Waals surface area contributed by atoms with E-state index >= 15 is 0 Å². The molecule has 2 aromatic heterocycles. The Labute approximate surface area is 151 Å². The molecule has 0 spiro atoms. The van der Waals surface area contributed by atoms with Crippen LogP contribution in [0.2, 0.25) is 0 Å². The number of benzene rings is 2. The Kier molecular flexibility index (Phi) is 4.43. The van der Waals surface area contributed by atoms with Crippen LogP contribution in [0.25, 0.3) is 10.9 Å². The molecule has 0 aliphatic heterocycles. The summed E-state index contributed by atoms with van der Waals surface area (Å²) in [7, 11) is 0. The molecule has 1 atom stereocenters. The fourth-order valence-corrected chi connectivity index (χ4v) is 3.05. The highest BCUT2D eigenvalue weighted by Crippen LogP contribution is 2.24. The van der Waals surface area contributed by atoms with Crippen molar-refractivity contribution < 1.29 is 4.79 Å². The van der Waals surface area contributed by atoms with E-state index in [0.29, 0.717) is 6.42 Å². The normalized spacial score (nSPS) is 12.0. The number of anilines is 1. The van der Waals surface area contributed by atoms with Gasteiger partial charge in [0.15, 0.2) is 0 Å². The van der Waals surface area contributed by atoms with Crippen molar-refractivity contribution in [2.45, 2.75) is 12.3 Å². The van der Waals surface area contributed by atoms with Gasteiger partial charge in [0.25, 0.3) is 0 Å². The summed E-state index contributed by atoms with van der Waals surface area (Å²) in [5, 5.41) is 11.0. The van der Waals surface area contributed by atoms with Gasteiger partial charge in [-0.15, -0.1) is 0 Å². The van der Waals surface area contributed by atoms with Crippen LogP contribution in [0.15, 0.2) is 79.3 Å². The van der Waals surface area contributed by atoms with Gasteiger partial charge in [0.05, 0.1) is 17.6 Å². The summed E-state index contributed by atoms with van der Waals surface area (Å²) in [5.74, 6) is -0.317. The zero-order chi connectivity index (χ0) is 17.8. The van der Waals surface area contributed by atoms with Crippen molar-refractivity contribution in [3.05, 3.63) is 90.4 Å². The van der Waals surface area contributed by atoms with Gasteiger partial charge in [0.2, 0.25) is 5.91 Å². The first kappa shape index (κ1) is 16.0. The molecule has 0 aliphatic carbocycles. The maximum atomic E-state index is 13.0. The van der Waals surface area contributed by atoms with Gasteiger partial charge < -0.3 is 5.32 Å². The minimum atomic E-state index is -0.281. The molecule has 2 N–H and O–H groups in total. The van der Waals surface area contributed by atoms with Gasteiger partial charge >= 0.3 is 0 Å². The lowest BCUT2D eigenvalue weighted by Gasteiger charge is -2.17. The van der Waals surface area contributed by atoms with Crippen molar-refractivity contribution in [1.82, 2.24) is 15.2 Å². The topological polar surface area (TPSA) is 70.7 Å². The number of carbonyl (C=O) groups excluding carboxylic acids is 1. The Bertz CT molecular complexity index is 1010. The maximum absolute atomic E-state index is 13.0. The monoisotopic (exact) mass is 342 g/mol. The third-order valence-corrected chi connectivity index (χ3v) is 4.42. The van der Waals surface area contributed by atoms with E-state index in [1.807, 2.05) is 60.7 Å². The number of hydrogen-bond donors (Lipinski definition) is 2. The van der Waals surface area contributed by atoms with E-state index in [9.17, 15) is 4.79 Å². The minimum absolute atomic E-state index is 0.0353. The number of hydrogen-bond acceptors (Lipinski definition) is 3. The molecule has 2 heterocycles. The third-order valence-electron chi connectivity index (χ3n) is 4.42. The molecule has 2 aromatic carbocycles. The highest BCUT2D eigenvalue weighted by atomic mass is 16.1. The molecule has 0 bridgehead atoms. The van der Waals surface area contributed by atoms with Crippen LogP contribution >= 0.6 is 0 Å². The molecular formula is C21H18N4O. The molecule has 5 nitrogen and oxygen atoms in total. The fraction of sp³-hybridized carbons (Fsp3) is 0.0952. The first-order chi connectivity index (χ1) is 12.8. The van der Waals surface area contributed by atoms with Crippen molar-refractivity contribution in [3.8, 4) is 0 Å². The van der Waals surface area contributed by atoms with Crippen molar-refractivity contribution in [3.63, 3.8) is 0 Å². The zero-order valence-electron chi connectivity index (χ0n) is 14.1. The number of aromatic amines is 1. The van der Waals surface area contributed by atoms with Gasteiger partial charge in [-0.05, 0) is 47.9 Å². The summed E-state index contributed by atoms with van der Waals surface area (Å²) in [5.41, 5.74) is 3.72. The molecule has 1 unspecified atom stereocenters. The van der Waals surface area contributed by atoms with Crippen LogP contribution in [-0.4, -0.2) is 21.1 Å². The highest BCUT2D eigenvalue weighted by molar-refractivity contribution is 5.97. The Hall–Kier alpha value is -3.47. The summed E-state index contributed by atoms with van der Waals surface area (Å²) in [6.07, 6.45) is 5.88. The van der Waals surface area contributed by atoms with Gasteiger partial charge in [-0.25, -0.2) is 0 Å². The fourth-order valence-electron chi connectivity index (χ4n) is 3.05. The van der Waals surface area contributed by atoms with E-state index in [4.69, 9.17) is 0 Å². The Balaban J connectivity index is 1.60. The van der Waals surface area contributed by atoms with Gasteiger partial charge in [-0.2, -0.15) is 5.10 Å². The van der Waals surface area contributed by atoms with Crippen LogP contribution in [-0.2, 0) is 11.2 Å². The second-order valence-corrected chi connectivity index (χ2v) is 6.18. The summed E-state index contributed by atoms with van der Waals surface area (Å²) in [6, 6.07) is 19.5. The number of aromatic nitrogens is 3. The number of pyridine rings is 1. The van der Waals surface area contributed by atoms with E-state index < -0.39 is 0 Å². The number of H-pyrrole nitrogens is 1. The van der Waals surface area contributed by atoms with Crippen molar-refractivity contribution >= 4 is 22.5 Å². The molecule has 4 rings (SSSR count). The number of nitrogens with one attached hydrogen (secondary N) is 2. The Morgan fingerprint density at radius 3 is 2.65 bits per heavy atom. The number of amides is 1. The van der Waals surface area contributed by atoms with Crippen LogP contribution < -0.4 is 5.32 Å². The van der Waals surface area contributed by atoms with Gasteiger partial charge in [-0.1, -0.05) is 30.3 Å². The maximum Gasteiger partial charge on any atom is 0.232 e. The van der Waals surface area contributed by atoms with Crippen LogP contribution in [0.3, 0.4) is 0 Å². The average molecular weight is 342 g/mol. The van der Waals surface area contributed by atoms with Crippen molar-refractivity contribution in [1.29, 1.82) is 0 Å². The summed E-state index contributed by atoms with van der Waals surface area (Å²) in [4.78, 5) is 17.1. The molecule has 0 saturated carbocycles. The number of fused-ring (bicyclic) bond motifs is 1. The predicted octanol–water partition coefficient (Wildman–Crippen LogP) is 3.92. The highest BCUT2D eigenvalue weighted by Gasteiger charge is 2.21. The minimum Gasteiger partial charge on any atom is -0.325 e. The molecule has 5 heteroatoms. The Morgan fingerprint density at radius 1 is 1.04 bits per heavy atom. The molecule has 0 saturated heterocycles. The molecule has 26 heavy (non-hydrogen) atoms. The quantitative estimate of drug-likeness (QED) is 0.577. The lowest BCUT2D eigenvalue weighted by molar-refractivity contribution is -0.117. The van der Waals surface area contributed by atoms with Crippen molar-refractivity contribution in [2.75, 3.05) is 5.32 Å². The molecule has 0 radical (unpaired) electrons. The number of nitrogens with zero attached hydrogens (tertiary/aromatic N) is 2. The van der Waals surface area contributed by atoms with Gasteiger partial charge in [0, 0.05) is 23.5 Å². The van der Waals surface area contributed by atoms with E-state index in [0.717, 1.165) is 27.7 Å². The lowest BCUT2D eigenvalue weighted by Crippen LogP contribution is -2.23.